The van der Waals surface area contributed by atoms with Crippen LogP contribution in [0.15, 0.2) is 61.1 Å². The van der Waals surface area contributed by atoms with E-state index in [2.05, 4.69) is 44.2 Å². The summed E-state index contributed by atoms with van der Waals surface area (Å²) in [6, 6.07) is 13.6. The Labute approximate surface area is 164 Å². The Morgan fingerprint density at radius 3 is 2.39 bits per heavy atom. The second-order valence-electron chi connectivity index (χ2n) is 6.75. The Morgan fingerprint density at radius 2 is 1.71 bits per heavy atom. The number of nitrogens with zero attached hydrogens (tertiary/aromatic N) is 5. The summed E-state index contributed by atoms with van der Waals surface area (Å²) in [5.41, 5.74) is 3.50. The molecule has 0 bridgehead atoms. The topological polar surface area (TPSA) is 74.2 Å². The van der Waals surface area contributed by atoms with Crippen LogP contribution in [0.5, 0.6) is 0 Å². The van der Waals surface area contributed by atoms with Crippen molar-refractivity contribution >= 4 is 23.2 Å². The van der Waals surface area contributed by atoms with Crippen molar-refractivity contribution in [2.24, 2.45) is 0 Å². The van der Waals surface area contributed by atoms with Crippen molar-refractivity contribution in [3.05, 3.63) is 72.3 Å². The van der Waals surface area contributed by atoms with E-state index < -0.39 is 0 Å². The van der Waals surface area contributed by atoms with Crippen molar-refractivity contribution in [1.29, 1.82) is 0 Å². The third kappa shape index (κ3) is 4.09. The molecule has 142 valence electrons. The molecule has 1 amide bonds. The van der Waals surface area contributed by atoms with Crippen LogP contribution < -0.4 is 10.2 Å². The fourth-order valence-electron chi connectivity index (χ4n) is 3.21. The van der Waals surface area contributed by atoms with Crippen molar-refractivity contribution in [1.82, 2.24) is 19.9 Å². The van der Waals surface area contributed by atoms with Gasteiger partial charge in [0.1, 0.15) is 5.69 Å². The van der Waals surface area contributed by atoms with Gasteiger partial charge in [0.15, 0.2) is 0 Å². The number of anilines is 3. The van der Waals surface area contributed by atoms with E-state index in [1.54, 1.807) is 30.7 Å². The van der Waals surface area contributed by atoms with Gasteiger partial charge in [0.2, 0.25) is 5.95 Å². The molecule has 0 saturated carbocycles. The quantitative estimate of drug-likeness (QED) is 0.757. The van der Waals surface area contributed by atoms with E-state index in [0.717, 1.165) is 11.4 Å². The summed E-state index contributed by atoms with van der Waals surface area (Å²) in [5, 5.41) is 3.31. The van der Waals surface area contributed by atoms with E-state index >= 15 is 0 Å². The van der Waals surface area contributed by atoms with Crippen molar-refractivity contribution in [3.63, 3.8) is 0 Å². The summed E-state index contributed by atoms with van der Waals surface area (Å²) in [5.74, 6) is 0.662. The van der Waals surface area contributed by atoms with Crippen molar-refractivity contribution in [2.75, 3.05) is 36.4 Å². The minimum Gasteiger partial charge on any atom is -0.354 e. The average Bonchev–Trinajstić information content (AvgIpc) is 2.75. The standard InChI is InChI=1S/C21H22N6O/c1-16-4-2-5-17(14-16)25-18-6-7-19(24-15-18)20(28)26-10-12-27(13-11-26)21-22-8-3-9-23-21/h2-9,14-15,25H,10-13H2,1H3. The van der Waals surface area contributed by atoms with E-state index in [1.807, 2.05) is 23.1 Å². The molecule has 4 rings (SSSR count). The molecule has 1 fully saturated rings. The summed E-state index contributed by atoms with van der Waals surface area (Å²) < 4.78 is 0. The molecule has 1 aliphatic heterocycles. The monoisotopic (exact) mass is 374 g/mol. The first kappa shape index (κ1) is 17.9. The molecular weight excluding hydrogens is 352 g/mol. The van der Waals surface area contributed by atoms with Gasteiger partial charge in [-0.3, -0.25) is 4.79 Å². The minimum absolute atomic E-state index is 0.0456. The van der Waals surface area contributed by atoms with Gasteiger partial charge >= 0.3 is 0 Å². The minimum atomic E-state index is -0.0456. The largest absolute Gasteiger partial charge is 0.354 e. The highest BCUT2D eigenvalue weighted by Crippen LogP contribution is 2.18. The SMILES string of the molecule is Cc1cccc(Nc2ccc(C(=O)N3CCN(c4ncccn4)CC3)nc2)c1. The number of aromatic nitrogens is 3. The molecule has 7 heteroatoms. The molecule has 0 unspecified atom stereocenters. The summed E-state index contributed by atoms with van der Waals surface area (Å²) >= 11 is 0. The van der Waals surface area contributed by atoms with Crippen LogP contribution in [0.25, 0.3) is 0 Å². The first-order valence-electron chi connectivity index (χ1n) is 9.30. The Bertz CT molecular complexity index is 937. The molecular formula is C21H22N6O. The molecule has 2 aromatic heterocycles. The number of hydrogen-bond acceptors (Lipinski definition) is 6. The van der Waals surface area contributed by atoms with Gasteiger partial charge in [0.25, 0.3) is 5.91 Å². The Balaban J connectivity index is 1.36. The van der Waals surface area contributed by atoms with Gasteiger partial charge in [-0.1, -0.05) is 12.1 Å². The van der Waals surface area contributed by atoms with Gasteiger partial charge < -0.3 is 15.1 Å². The van der Waals surface area contributed by atoms with E-state index in [9.17, 15) is 4.79 Å². The van der Waals surface area contributed by atoms with Crippen LogP contribution in [0.1, 0.15) is 16.1 Å². The summed E-state index contributed by atoms with van der Waals surface area (Å²) in [6.45, 7) is 4.73. The molecule has 1 N–H and O–H groups in total. The zero-order chi connectivity index (χ0) is 19.3. The predicted octanol–water partition coefficient (Wildman–Crippen LogP) is 2.89. The lowest BCUT2D eigenvalue weighted by Gasteiger charge is -2.34. The number of amides is 1. The summed E-state index contributed by atoms with van der Waals surface area (Å²) in [7, 11) is 0. The van der Waals surface area contributed by atoms with Gasteiger partial charge in [-0.05, 0) is 42.8 Å². The van der Waals surface area contributed by atoms with Crippen LogP contribution in [0.2, 0.25) is 0 Å². The van der Waals surface area contributed by atoms with Crippen molar-refractivity contribution in [2.45, 2.75) is 6.92 Å². The van der Waals surface area contributed by atoms with E-state index in [1.165, 1.54) is 5.56 Å². The van der Waals surface area contributed by atoms with E-state index in [-0.39, 0.29) is 5.91 Å². The smallest absolute Gasteiger partial charge is 0.272 e. The zero-order valence-corrected chi connectivity index (χ0v) is 15.7. The Morgan fingerprint density at radius 1 is 0.929 bits per heavy atom. The number of hydrogen-bond donors (Lipinski definition) is 1. The van der Waals surface area contributed by atoms with Gasteiger partial charge in [-0.15, -0.1) is 0 Å². The van der Waals surface area contributed by atoms with Crippen LogP contribution in [-0.4, -0.2) is 51.9 Å². The fraction of sp³-hybridized carbons (Fsp3) is 0.238. The van der Waals surface area contributed by atoms with Gasteiger partial charge in [0.05, 0.1) is 11.9 Å². The molecule has 1 aromatic carbocycles. The number of benzene rings is 1. The highest BCUT2D eigenvalue weighted by Gasteiger charge is 2.24. The second kappa shape index (κ2) is 8.04. The Hall–Kier alpha value is -3.48. The van der Waals surface area contributed by atoms with Crippen molar-refractivity contribution < 1.29 is 4.79 Å². The predicted molar refractivity (Wildman–Crippen MR) is 109 cm³/mol. The number of rotatable bonds is 4. The van der Waals surface area contributed by atoms with Crippen LogP contribution in [-0.2, 0) is 0 Å². The highest BCUT2D eigenvalue weighted by atomic mass is 16.2. The molecule has 0 atom stereocenters. The molecule has 0 radical (unpaired) electrons. The maximum absolute atomic E-state index is 12.8. The normalized spacial score (nSPS) is 14.0. The zero-order valence-electron chi connectivity index (χ0n) is 15.7. The molecule has 0 spiro atoms. The molecule has 3 heterocycles. The highest BCUT2D eigenvalue weighted by molar-refractivity contribution is 5.92. The molecule has 28 heavy (non-hydrogen) atoms. The first-order chi connectivity index (χ1) is 13.7. The molecule has 7 nitrogen and oxygen atoms in total. The lowest BCUT2D eigenvalue weighted by atomic mass is 10.2. The van der Waals surface area contributed by atoms with Gasteiger partial charge in [0, 0.05) is 44.3 Å². The molecule has 3 aromatic rings. The maximum Gasteiger partial charge on any atom is 0.272 e. The van der Waals surface area contributed by atoms with Crippen LogP contribution in [0.3, 0.4) is 0 Å². The van der Waals surface area contributed by atoms with Crippen LogP contribution in [0, 0.1) is 6.92 Å². The second-order valence-corrected chi connectivity index (χ2v) is 6.75. The number of carbonyl (C=O) groups excluding carboxylic acids is 1. The third-order valence-electron chi connectivity index (χ3n) is 4.69. The lowest BCUT2D eigenvalue weighted by Crippen LogP contribution is -2.49. The third-order valence-corrected chi connectivity index (χ3v) is 4.69. The van der Waals surface area contributed by atoms with Gasteiger partial charge in [-0.2, -0.15) is 0 Å². The summed E-state index contributed by atoms with van der Waals surface area (Å²) in [6.07, 6.45) is 5.16. The van der Waals surface area contributed by atoms with Gasteiger partial charge in [-0.25, -0.2) is 15.0 Å². The molecule has 1 saturated heterocycles. The molecule has 0 aliphatic carbocycles. The fourth-order valence-corrected chi connectivity index (χ4v) is 3.21. The Kier molecular flexibility index (Phi) is 5.14. The maximum atomic E-state index is 12.8. The first-order valence-corrected chi connectivity index (χ1v) is 9.30. The summed E-state index contributed by atoms with van der Waals surface area (Å²) in [4.78, 5) is 29.6. The number of pyridine rings is 1. The van der Waals surface area contributed by atoms with Crippen LogP contribution in [0.4, 0.5) is 17.3 Å². The molecule has 1 aliphatic rings. The number of carbonyl (C=O) groups is 1. The average molecular weight is 374 g/mol. The van der Waals surface area contributed by atoms with E-state index in [0.29, 0.717) is 37.8 Å². The number of aryl methyl sites for hydroxylation is 1. The number of nitrogens with one attached hydrogen (secondary N) is 1. The number of piperazine rings is 1. The van der Waals surface area contributed by atoms with Crippen molar-refractivity contribution in [3.8, 4) is 0 Å². The lowest BCUT2D eigenvalue weighted by molar-refractivity contribution is 0.0740. The van der Waals surface area contributed by atoms with E-state index in [4.69, 9.17) is 0 Å². The van der Waals surface area contributed by atoms with Crippen LogP contribution >= 0.6 is 0 Å².